The molecule has 0 N–H and O–H groups in total. The van der Waals surface area contributed by atoms with Gasteiger partial charge < -0.3 is 4.74 Å². The third-order valence-electron chi connectivity index (χ3n) is 9.66. The van der Waals surface area contributed by atoms with Crippen LogP contribution in [0, 0.1) is 47.1 Å². The van der Waals surface area contributed by atoms with Crippen LogP contribution in [0.5, 0.6) is 5.75 Å². The number of rotatable bonds is 9. The summed E-state index contributed by atoms with van der Waals surface area (Å²) in [7, 11) is 0. The quantitative estimate of drug-likeness (QED) is 0.187. The van der Waals surface area contributed by atoms with Gasteiger partial charge in [-0.25, -0.2) is 8.78 Å². The number of esters is 1. The molecule has 4 unspecified atom stereocenters. The summed E-state index contributed by atoms with van der Waals surface area (Å²) in [6.45, 7) is 3.99. The summed E-state index contributed by atoms with van der Waals surface area (Å²) in [5, 5.41) is 0. The van der Waals surface area contributed by atoms with Gasteiger partial charge >= 0.3 is 5.97 Å². The van der Waals surface area contributed by atoms with Crippen LogP contribution >= 0.6 is 0 Å². The molecule has 1 aromatic rings. The predicted octanol–water partition coefficient (Wildman–Crippen LogP) is 9.37. The molecule has 2 nitrogen and oxygen atoms in total. The van der Waals surface area contributed by atoms with Crippen LogP contribution < -0.4 is 4.74 Å². The number of allylic oxidation sites excluding steroid dienone is 4. The average molecular weight is 513 g/mol. The Kier molecular flexibility index (Phi) is 10.4. The highest BCUT2D eigenvalue weighted by Crippen LogP contribution is 2.50. The number of benzene rings is 1. The molecule has 3 fully saturated rings. The lowest BCUT2D eigenvalue weighted by molar-refractivity contribution is -0.144. The summed E-state index contributed by atoms with van der Waals surface area (Å²) in [5.74, 6) is 1.76. The number of carbonyl (C=O) groups is 1. The van der Waals surface area contributed by atoms with Crippen molar-refractivity contribution in [3.05, 3.63) is 53.6 Å². The van der Waals surface area contributed by atoms with Crippen LogP contribution in [0.25, 0.3) is 0 Å². The van der Waals surface area contributed by atoms with E-state index >= 15 is 0 Å². The van der Waals surface area contributed by atoms with Crippen LogP contribution in [0.1, 0.15) is 103 Å². The van der Waals surface area contributed by atoms with Gasteiger partial charge in [-0.2, -0.15) is 0 Å². The smallest absolute Gasteiger partial charge is 0.314 e. The molecule has 0 saturated heterocycles. The van der Waals surface area contributed by atoms with E-state index in [1.165, 1.54) is 69.9 Å². The standard InChI is InChI=1S/C33H46F2O2/c1-3-5-7-10-23-14-16-24(17-15-23)25-18-19-28-26(20-25)11-9-13-29(28)33(36)37-27-21-31(34)30(32(35)22-27)12-8-6-4-2/h3-6,21-26,28-29H,7-20H2,1-2H3/b5-3+,6-4+. The minimum absolute atomic E-state index is 0.00298. The molecule has 3 aliphatic rings. The van der Waals surface area contributed by atoms with Crippen LogP contribution in [0.2, 0.25) is 0 Å². The van der Waals surface area contributed by atoms with Gasteiger partial charge in [-0.1, -0.05) is 50.0 Å². The summed E-state index contributed by atoms with van der Waals surface area (Å²) in [5.41, 5.74) is 0.0563. The Morgan fingerprint density at radius 2 is 1.54 bits per heavy atom. The second-order valence-corrected chi connectivity index (χ2v) is 11.9. The second kappa shape index (κ2) is 13.7. The highest BCUT2D eigenvalue weighted by Gasteiger charge is 2.43. The third-order valence-corrected chi connectivity index (χ3v) is 9.66. The fourth-order valence-corrected chi connectivity index (χ4v) is 7.63. The Bertz CT molecular complexity index is 921. The molecule has 4 rings (SSSR count). The molecular formula is C33H46F2O2. The van der Waals surface area contributed by atoms with Crippen molar-refractivity contribution in [1.82, 2.24) is 0 Å². The summed E-state index contributed by atoms with van der Waals surface area (Å²) in [6.07, 6.45) is 23.8. The van der Waals surface area contributed by atoms with E-state index in [0.29, 0.717) is 24.7 Å². The Hall–Kier alpha value is -1.97. The van der Waals surface area contributed by atoms with Crippen molar-refractivity contribution in [2.45, 2.75) is 104 Å². The average Bonchev–Trinajstić information content (AvgIpc) is 2.90. The van der Waals surface area contributed by atoms with E-state index < -0.39 is 11.6 Å². The van der Waals surface area contributed by atoms with E-state index in [2.05, 4.69) is 19.1 Å². The number of halogens is 2. The van der Waals surface area contributed by atoms with Crippen LogP contribution in [-0.2, 0) is 11.2 Å². The largest absolute Gasteiger partial charge is 0.426 e. The lowest BCUT2D eigenvalue weighted by atomic mass is 9.59. The Morgan fingerprint density at radius 1 is 0.865 bits per heavy atom. The minimum Gasteiger partial charge on any atom is -0.426 e. The first kappa shape index (κ1) is 28.0. The monoisotopic (exact) mass is 512 g/mol. The van der Waals surface area contributed by atoms with Crippen LogP contribution in [0.3, 0.4) is 0 Å². The van der Waals surface area contributed by atoms with E-state index in [-0.39, 0.29) is 23.2 Å². The Balaban J connectivity index is 1.30. The summed E-state index contributed by atoms with van der Waals surface area (Å²) < 4.78 is 34.7. The molecule has 3 aliphatic carbocycles. The summed E-state index contributed by atoms with van der Waals surface area (Å²) >= 11 is 0. The van der Waals surface area contributed by atoms with Gasteiger partial charge in [0.1, 0.15) is 17.4 Å². The first-order chi connectivity index (χ1) is 18.0. The van der Waals surface area contributed by atoms with E-state index in [4.69, 9.17) is 4.74 Å². The topological polar surface area (TPSA) is 26.3 Å². The molecule has 0 amide bonds. The lowest BCUT2D eigenvalue weighted by Crippen LogP contribution is -2.40. The number of fused-ring (bicyclic) bond motifs is 1. The van der Waals surface area contributed by atoms with E-state index in [1.54, 1.807) is 0 Å². The zero-order chi connectivity index (χ0) is 26.2. The van der Waals surface area contributed by atoms with Crippen LogP contribution in [-0.4, -0.2) is 5.97 Å². The maximum absolute atomic E-state index is 14.6. The van der Waals surface area contributed by atoms with Gasteiger partial charge in [0.15, 0.2) is 0 Å². The molecule has 0 aliphatic heterocycles. The van der Waals surface area contributed by atoms with Gasteiger partial charge in [0.2, 0.25) is 0 Å². The SMILES string of the molecule is C/C=C/CCc1c(F)cc(OC(=O)C2CCCC3CC(C4CCC(CC/C=C/C)CC4)CCC32)cc1F. The molecule has 4 atom stereocenters. The number of ether oxygens (including phenoxy) is 1. The molecule has 1 aromatic carbocycles. The van der Waals surface area contributed by atoms with Crippen molar-refractivity contribution in [2.75, 3.05) is 0 Å². The minimum atomic E-state index is -0.633. The fraction of sp³-hybridized carbons (Fsp3) is 0.667. The molecule has 204 valence electrons. The fourth-order valence-electron chi connectivity index (χ4n) is 7.63. The normalized spacial score (nSPS) is 30.5. The van der Waals surface area contributed by atoms with Gasteiger partial charge in [-0.15, -0.1) is 0 Å². The maximum atomic E-state index is 14.6. The zero-order valence-corrected chi connectivity index (χ0v) is 22.9. The zero-order valence-electron chi connectivity index (χ0n) is 22.9. The lowest BCUT2D eigenvalue weighted by Gasteiger charge is -2.46. The van der Waals surface area contributed by atoms with E-state index in [0.717, 1.165) is 37.0 Å². The van der Waals surface area contributed by atoms with Gasteiger partial charge in [-0.05, 0) is 108 Å². The number of carbonyl (C=O) groups excluding carboxylic acids is 1. The predicted molar refractivity (Wildman–Crippen MR) is 146 cm³/mol. The van der Waals surface area contributed by atoms with Crippen molar-refractivity contribution in [2.24, 2.45) is 35.5 Å². The summed E-state index contributed by atoms with van der Waals surface area (Å²) in [4.78, 5) is 13.2. The third kappa shape index (κ3) is 7.33. The van der Waals surface area contributed by atoms with Crippen LogP contribution in [0.4, 0.5) is 8.78 Å². The van der Waals surface area contributed by atoms with Crippen LogP contribution in [0.15, 0.2) is 36.4 Å². The first-order valence-corrected chi connectivity index (χ1v) is 14.9. The molecule has 0 radical (unpaired) electrons. The molecule has 0 aromatic heterocycles. The van der Waals surface area contributed by atoms with Crippen molar-refractivity contribution < 1.29 is 18.3 Å². The molecule has 37 heavy (non-hydrogen) atoms. The van der Waals surface area contributed by atoms with Crippen molar-refractivity contribution >= 4 is 5.97 Å². The molecule has 0 heterocycles. The van der Waals surface area contributed by atoms with Crippen molar-refractivity contribution in [3.8, 4) is 5.75 Å². The highest BCUT2D eigenvalue weighted by molar-refractivity contribution is 5.75. The van der Waals surface area contributed by atoms with Crippen molar-refractivity contribution in [3.63, 3.8) is 0 Å². The van der Waals surface area contributed by atoms with E-state index in [1.807, 2.05) is 19.1 Å². The Labute approximate surface area is 222 Å². The van der Waals surface area contributed by atoms with Gasteiger partial charge in [0.25, 0.3) is 0 Å². The molecule has 0 spiro atoms. The van der Waals surface area contributed by atoms with Gasteiger partial charge in [0, 0.05) is 17.7 Å². The van der Waals surface area contributed by atoms with Crippen molar-refractivity contribution in [1.29, 1.82) is 0 Å². The molecule has 4 heteroatoms. The molecular weight excluding hydrogens is 466 g/mol. The molecule has 3 saturated carbocycles. The second-order valence-electron chi connectivity index (χ2n) is 11.9. The Morgan fingerprint density at radius 3 is 2.24 bits per heavy atom. The maximum Gasteiger partial charge on any atom is 0.314 e. The first-order valence-electron chi connectivity index (χ1n) is 14.9. The molecule has 0 bridgehead atoms. The number of hydrogen-bond acceptors (Lipinski definition) is 2. The van der Waals surface area contributed by atoms with Gasteiger partial charge in [0.05, 0.1) is 5.92 Å². The summed E-state index contributed by atoms with van der Waals surface area (Å²) in [6, 6.07) is 2.36. The van der Waals surface area contributed by atoms with Gasteiger partial charge in [-0.3, -0.25) is 4.79 Å². The number of hydrogen-bond donors (Lipinski definition) is 0. The van der Waals surface area contributed by atoms with E-state index in [9.17, 15) is 13.6 Å². The highest BCUT2D eigenvalue weighted by atomic mass is 19.1.